The summed E-state index contributed by atoms with van der Waals surface area (Å²) in [5, 5.41) is 2.16. The third-order valence-corrected chi connectivity index (χ3v) is 5.20. The number of hydrogen-bond acceptors (Lipinski definition) is 6. The fourth-order valence-corrected chi connectivity index (χ4v) is 4.11. The van der Waals surface area contributed by atoms with Gasteiger partial charge in [-0.15, -0.1) is 0 Å². The number of hydrogen-bond donors (Lipinski definition) is 0. The van der Waals surface area contributed by atoms with Crippen molar-refractivity contribution >= 4 is 17.4 Å². The second kappa shape index (κ2) is 5.35. The van der Waals surface area contributed by atoms with Crippen LogP contribution in [0.4, 0.5) is 5.82 Å². The van der Waals surface area contributed by atoms with Crippen molar-refractivity contribution < 1.29 is 0 Å². The maximum atomic E-state index is 4.42. The Labute approximate surface area is 128 Å². The van der Waals surface area contributed by atoms with Crippen LogP contribution in [-0.2, 0) is 6.54 Å². The van der Waals surface area contributed by atoms with Crippen molar-refractivity contribution in [3.8, 4) is 0 Å². The predicted octanol–water partition coefficient (Wildman–Crippen LogP) is 1.81. The molecule has 2 atom stereocenters. The van der Waals surface area contributed by atoms with Gasteiger partial charge >= 0.3 is 0 Å². The first kappa shape index (κ1) is 13.2. The lowest BCUT2D eigenvalue weighted by molar-refractivity contribution is 0.309. The van der Waals surface area contributed by atoms with Crippen molar-refractivity contribution in [3.63, 3.8) is 0 Å². The van der Waals surface area contributed by atoms with Crippen LogP contribution in [0.3, 0.4) is 0 Å². The van der Waals surface area contributed by atoms with Gasteiger partial charge in [-0.2, -0.15) is 0 Å². The first-order valence-electron chi connectivity index (χ1n) is 7.42. The van der Waals surface area contributed by atoms with Crippen LogP contribution in [0, 0.1) is 18.8 Å². The third-order valence-electron chi connectivity index (χ3n) is 4.56. The van der Waals surface area contributed by atoms with E-state index < -0.39 is 0 Å². The van der Waals surface area contributed by atoms with Crippen LogP contribution in [0.15, 0.2) is 24.0 Å². The first-order valence-corrected chi connectivity index (χ1v) is 8.26. The molecule has 0 spiro atoms. The van der Waals surface area contributed by atoms with Gasteiger partial charge in [0.05, 0.1) is 0 Å². The molecule has 0 N–H and O–H groups in total. The molecule has 2 aliphatic rings. The van der Waals surface area contributed by atoms with Gasteiger partial charge < -0.3 is 4.90 Å². The average Bonchev–Trinajstić information content (AvgIpc) is 3.14. The molecule has 2 aromatic heterocycles. The van der Waals surface area contributed by atoms with E-state index in [1.54, 1.807) is 17.9 Å². The van der Waals surface area contributed by atoms with Gasteiger partial charge in [0.2, 0.25) is 0 Å². The Balaban J connectivity index is 1.39. The lowest BCUT2D eigenvalue weighted by Crippen LogP contribution is -2.29. The fourth-order valence-electron chi connectivity index (χ4n) is 3.58. The molecule has 0 bridgehead atoms. The molecule has 110 valence electrons. The summed E-state index contributed by atoms with van der Waals surface area (Å²) in [5.41, 5.74) is 2.40. The molecular formula is C15H19N5S. The molecule has 5 nitrogen and oxygen atoms in total. The van der Waals surface area contributed by atoms with Crippen molar-refractivity contribution in [1.29, 1.82) is 0 Å². The molecule has 0 amide bonds. The SMILES string of the molecule is Cc1cc(N2CC3CN(Cc4cnsc4)CC3C2)ncn1. The van der Waals surface area contributed by atoms with Crippen molar-refractivity contribution in [2.24, 2.45) is 11.8 Å². The van der Waals surface area contributed by atoms with E-state index >= 15 is 0 Å². The zero-order valence-corrected chi connectivity index (χ0v) is 13.0. The number of nitrogens with zero attached hydrogens (tertiary/aromatic N) is 5. The molecule has 21 heavy (non-hydrogen) atoms. The molecule has 0 radical (unpaired) electrons. The van der Waals surface area contributed by atoms with E-state index in [0.29, 0.717) is 0 Å². The maximum absolute atomic E-state index is 4.42. The second-order valence-electron chi connectivity index (χ2n) is 6.17. The molecule has 4 rings (SSSR count). The Kier molecular flexibility index (Phi) is 3.35. The van der Waals surface area contributed by atoms with E-state index in [9.17, 15) is 0 Å². The minimum atomic E-state index is 0.770. The fraction of sp³-hybridized carbons (Fsp3) is 0.533. The van der Waals surface area contributed by atoms with Crippen LogP contribution in [0.25, 0.3) is 0 Å². The molecule has 4 heterocycles. The van der Waals surface area contributed by atoms with Crippen LogP contribution in [0.2, 0.25) is 0 Å². The molecule has 0 saturated carbocycles. The highest BCUT2D eigenvalue weighted by molar-refractivity contribution is 7.03. The van der Waals surface area contributed by atoms with Gasteiger partial charge in [-0.3, -0.25) is 4.90 Å². The molecule has 2 fully saturated rings. The Morgan fingerprint density at radius 2 is 2.00 bits per heavy atom. The lowest BCUT2D eigenvalue weighted by Gasteiger charge is -2.22. The van der Waals surface area contributed by atoms with Crippen LogP contribution >= 0.6 is 11.5 Å². The molecule has 2 unspecified atom stereocenters. The van der Waals surface area contributed by atoms with E-state index in [-0.39, 0.29) is 0 Å². The van der Waals surface area contributed by atoms with Crippen molar-refractivity contribution in [3.05, 3.63) is 35.2 Å². The Hall–Kier alpha value is -1.53. The van der Waals surface area contributed by atoms with Crippen molar-refractivity contribution in [2.45, 2.75) is 13.5 Å². The summed E-state index contributed by atoms with van der Waals surface area (Å²) < 4.78 is 4.19. The summed E-state index contributed by atoms with van der Waals surface area (Å²) in [6.07, 6.45) is 3.67. The summed E-state index contributed by atoms with van der Waals surface area (Å²) in [5.74, 6) is 2.63. The van der Waals surface area contributed by atoms with Crippen molar-refractivity contribution in [1.82, 2.24) is 19.2 Å². The number of aromatic nitrogens is 3. The summed E-state index contributed by atoms with van der Waals surface area (Å²) in [6, 6.07) is 2.09. The van der Waals surface area contributed by atoms with Crippen molar-refractivity contribution in [2.75, 3.05) is 31.1 Å². The molecule has 0 aromatic carbocycles. The Morgan fingerprint density at radius 3 is 2.67 bits per heavy atom. The molecular weight excluding hydrogens is 282 g/mol. The van der Waals surface area contributed by atoms with Crippen LogP contribution in [0.1, 0.15) is 11.3 Å². The first-order chi connectivity index (χ1) is 10.3. The quantitative estimate of drug-likeness (QED) is 0.865. The van der Waals surface area contributed by atoms with Crippen LogP contribution in [0.5, 0.6) is 0 Å². The van der Waals surface area contributed by atoms with Gasteiger partial charge in [-0.1, -0.05) is 0 Å². The Morgan fingerprint density at radius 1 is 1.19 bits per heavy atom. The van der Waals surface area contributed by atoms with Gasteiger partial charge in [-0.05, 0) is 35.9 Å². The number of anilines is 1. The smallest absolute Gasteiger partial charge is 0.132 e. The number of fused-ring (bicyclic) bond motifs is 1. The average molecular weight is 301 g/mol. The summed E-state index contributed by atoms with van der Waals surface area (Å²) >= 11 is 1.54. The third kappa shape index (κ3) is 2.65. The minimum absolute atomic E-state index is 0.770. The number of likely N-dealkylation sites (tertiary alicyclic amines) is 1. The largest absolute Gasteiger partial charge is 0.356 e. The highest BCUT2D eigenvalue weighted by atomic mass is 32.1. The predicted molar refractivity (Wildman–Crippen MR) is 83.4 cm³/mol. The van der Waals surface area contributed by atoms with Gasteiger partial charge in [0.15, 0.2) is 0 Å². The molecule has 6 heteroatoms. The lowest BCUT2D eigenvalue weighted by atomic mass is 10.0. The van der Waals surface area contributed by atoms with Crippen LogP contribution < -0.4 is 4.90 Å². The summed E-state index contributed by atoms with van der Waals surface area (Å²) in [6.45, 7) is 7.72. The van der Waals surface area contributed by atoms with Gasteiger partial charge in [-0.25, -0.2) is 14.3 Å². The minimum Gasteiger partial charge on any atom is -0.356 e. The normalized spacial score (nSPS) is 25.5. The zero-order valence-electron chi connectivity index (χ0n) is 12.1. The van der Waals surface area contributed by atoms with E-state index in [0.717, 1.165) is 43.0 Å². The number of rotatable bonds is 3. The Bertz CT molecular complexity index is 600. The highest BCUT2D eigenvalue weighted by Crippen LogP contribution is 2.33. The molecule has 0 aliphatic carbocycles. The van der Waals surface area contributed by atoms with E-state index in [1.165, 1.54) is 18.7 Å². The van der Waals surface area contributed by atoms with Crippen LogP contribution in [-0.4, -0.2) is 45.4 Å². The summed E-state index contributed by atoms with van der Waals surface area (Å²) in [4.78, 5) is 13.6. The topological polar surface area (TPSA) is 45.2 Å². The molecule has 2 saturated heterocycles. The zero-order chi connectivity index (χ0) is 14.2. The van der Waals surface area contributed by atoms with Gasteiger partial charge in [0.1, 0.15) is 12.1 Å². The second-order valence-corrected chi connectivity index (χ2v) is 6.83. The van der Waals surface area contributed by atoms with Gasteiger partial charge in [0.25, 0.3) is 0 Å². The maximum Gasteiger partial charge on any atom is 0.132 e. The monoisotopic (exact) mass is 301 g/mol. The van der Waals surface area contributed by atoms with E-state index in [1.807, 2.05) is 13.1 Å². The molecule has 2 aliphatic heterocycles. The van der Waals surface area contributed by atoms with E-state index in [4.69, 9.17) is 0 Å². The standard InChI is InChI=1S/C15H19N5S/c1-11-2-15(17-10-16-11)20-7-13-5-19(6-14(13)8-20)4-12-3-18-21-9-12/h2-3,9-10,13-14H,4-8H2,1H3. The summed E-state index contributed by atoms with van der Waals surface area (Å²) in [7, 11) is 0. The van der Waals surface area contributed by atoms with E-state index in [2.05, 4.69) is 35.6 Å². The highest BCUT2D eigenvalue weighted by Gasteiger charge is 2.40. The van der Waals surface area contributed by atoms with Gasteiger partial charge in [0, 0.05) is 56.1 Å². The number of aryl methyl sites for hydroxylation is 1. The molecule has 2 aromatic rings.